The van der Waals surface area contributed by atoms with Crippen molar-refractivity contribution in [3.63, 3.8) is 0 Å². The van der Waals surface area contributed by atoms with Crippen molar-refractivity contribution in [3.05, 3.63) is 65.0 Å². The monoisotopic (exact) mass is 387 g/mol. The van der Waals surface area contributed by atoms with E-state index in [1.807, 2.05) is 29.6 Å². The van der Waals surface area contributed by atoms with E-state index in [1.54, 1.807) is 7.11 Å². The van der Waals surface area contributed by atoms with Gasteiger partial charge in [-0.3, -0.25) is 10.1 Å². The Morgan fingerprint density at radius 2 is 2.07 bits per heavy atom. The molecule has 0 fully saturated rings. The summed E-state index contributed by atoms with van der Waals surface area (Å²) in [5, 5.41) is 4.99. The molecule has 0 aliphatic heterocycles. The van der Waals surface area contributed by atoms with E-state index in [0.29, 0.717) is 25.0 Å². The Kier molecular flexibility index (Phi) is 6.59. The van der Waals surface area contributed by atoms with Crippen LogP contribution in [0.4, 0.5) is 9.52 Å². The van der Waals surface area contributed by atoms with Gasteiger partial charge in [-0.2, -0.15) is 0 Å². The maximum Gasteiger partial charge on any atom is 0.276 e. The highest BCUT2D eigenvalue weighted by Crippen LogP contribution is 2.28. The van der Waals surface area contributed by atoms with Crippen molar-refractivity contribution in [2.45, 2.75) is 6.61 Å². The third kappa shape index (κ3) is 5.16. The second kappa shape index (κ2) is 9.31. The molecule has 0 aliphatic rings. The molecule has 0 radical (unpaired) electrons. The van der Waals surface area contributed by atoms with Gasteiger partial charge >= 0.3 is 0 Å². The zero-order chi connectivity index (χ0) is 19.1. The number of methoxy groups -OCH3 is 1. The van der Waals surface area contributed by atoms with Crippen LogP contribution < -0.4 is 5.32 Å². The number of amides is 1. The van der Waals surface area contributed by atoms with E-state index >= 15 is 0 Å². The van der Waals surface area contributed by atoms with Crippen molar-refractivity contribution in [1.29, 1.82) is 0 Å². The molecule has 2 aromatic heterocycles. The molecule has 1 amide bonds. The number of halogens is 1. The van der Waals surface area contributed by atoms with E-state index in [-0.39, 0.29) is 5.69 Å². The summed E-state index contributed by atoms with van der Waals surface area (Å²) in [5.41, 5.74) is 2.80. The Morgan fingerprint density at radius 3 is 2.85 bits per heavy atom. The summed E-state index contributed by atoms with van der Waals surface area (Å²) >= 11 is 1.31. The quantitative estimate of drug-likeness (QED) is 0.596. The highest BCUT2D eigenvalue weighted by Gasteiger charge is 2.13. The number of thiazole rings is 1. The number of carbonyl (C=O) groups excluding carboxylic acids is 1. The second-order valence-corrected chi connectivity index (χ2v) is 6.41. The lowest BCUT2D eigenvalue weighted by molar-refractivity contribution is 0.0618. The van der Waals surface area contributed by atoms with Gasteiger partial charge in [-0.05, 0) is 17.7 Å². The van der Waals surface area contributed by atoms with Crippen LogP contribution in [0.15, 0.2) is 48.0 Å². The lowest BCUT2D eigenvalue weighted by Crippen LogP contribution is -2.13. The molecule has 6 nitrogen and oxygen atoms in total. The number of hydrogen-bond acceptors (Lipinski definition) is 6. The number of benzene rings is 1. The first kappa shape index (κ1) is 19.1. The van der Waals surface area contributed by atoms with Crippen molar-refractivity contribution in [1.82, 2.24) is 9.97 Å². The molecule has 0 aliphatic carbocycles. The Hall–Kier alpha value is -2.68. The average molecular weight is 387 g/mol. The highest BCUT2D eigenvalue weighted by molar-refractivity contribution is 7.14. The minimum atomic E-state index is -0.493. The predicted octanol–water partition coefficient (Wildman–Crippen LogP) is 3.76. The van der Waals surface area contributed by atoms with Crippen molar-refractivity contribution in [3.8, 4) is 11.3 Å². The molecule has 27 heavy (non-hydrogen) atoms. The first-order valence-electron chi connectivity index (χ1n) is 8.21. The molecule has 2 heterocycles. The fourth-order valence-electron chi connectivity index (χ4n) is 2.35. The summed E-state index contributed by atoms with van der Waals surface area (Å²) in [6.07, 6.45) is 1.00. The van der Waals surface area contributed by atoms with Crippen LogP contribution in [0, 0.1) is 5.82 Å². The molecule has 3 aromatic rings. The standard InChI is InChI=1S/C19H18FN3O3S/c1-25-8-9-26-11-13-4-2-3-5-15(13)17-12-27-19(22-17)23-18(24)16-7-6-14(20)10-21-16/h2-7,10,12H,8-9,11H2,1H3,(H,22,23,24). The van der Waals surface area contributed by atoms with E-state index in [2.05, 4.69) is 15.3 Å². The molecule has 140 valence electrons. The summed E-state index contributed by atoms with van der Waals surface area (Å²) in [7, 11) is 1.63. The first-order valence-corrected chi connectivity index (χ1v) is 9.08. The number of carbonyl (C=O) groups is 1. The van der Waals surface area contributed by atoms with Gasteiger partial charge in [0.15, 0.2) is 5.13 Å². The fourth-order valence-corrected chi connectivity index (χ4v) is 3.05. The highest BCUT2D eigenvalue weighted by atomic mass is 32.1. The van der Waals surface area contributed by atoms with E-state index in [9.17, 15) is 9.18 Å². The van der Waals surface area contributed by atoms with Crippen LogP contribution in [0.5, 0.6) is 0 Å². The molecule has 0 bridgehead atoms. The lowest BCUT2D eigenvalue weighted by atomic mass is 10.1. The van der Waals surface area contributed by atoms with E-state index < -0.39 is 11.7 Å². The van der Waals surface area contributed by atoms with Crippen molar-refractivity contribution < 1.29 is 18.7 Å². The van der Waals surface area contributed by atoms with Crippen LogP contribution in [-0.2, 0) is 16.1 Å². The third-order valence-corrected chi connectivity index (χ3v) is 4.43. The SMILES string of the molecule is COCCOCc1ccccc1-c1csc(NC(=O)c2ccc(F)cn2)n1. The summed E-state index contributed by atoms with van der Waals surface area (Å²) < 4.78 is 23.5. The maximum atomic E-state index is 12.9. The number of anilines is 1. The van der Waals surface area contributed by atoms with Gasteiger partial charge in [-0.15, -0.1) is 11.3 Å². The van der Waals surface area contributed by atoms with E-state index in [4.69, 9.17) is 9.47 Å². The first-order chi connectivity index (χ1) is 13.2. The number of nitrogens with one attached hydrogen (secondary N) is 1. The predicted molar refractivity (Wildman–Crippen MR) is 101 cm³/mol. The molecule has 0 spiro atoms. The van der Waals surface area contributed by atoms with Crippen molar-refractivity contribution in [2.75, 3.05) is 25.6 Å². The van der Waals surface area contributed by atoms with Gasteiger partial charge in [-0.25, -0.2) is 14.4 Å². The second-order valence-electron chi connectivity index (χ2n) is 5.56. The maximum absolute atomic E-state index is 12.9. The van der Waals surface area contributed by atoms with Crippen LogP contribution in [-0.4, -0.2) is 36.2 Å². The molecule has 0 saturated heterocycles. The Labute approximate surface area is 160 Å². The molecule has 1 N–H and O–H groups in total. The Morgan fingerprint density at radius 1 is 1.22 bits per heavy atom. The van der Waals surface area contributed by atoms with Crippen molar-refractivity contribution in [2.24, 2.45) is 0 Å². The van der Waals surface area contributed by atoms with Gasteiger partial charge in [0.2, 0.25) is 0 Å². The van der Waals surface area contributed by atoms with Gasteiger partial charge in [-0.1, -0.05) is 24.3 Å². The molecular weight excluding hydrogens is 369 g/mol. The number of ether oxygens (including phenoxy) is 2. The van der Waals surface area contributed by atoms with Crippen LogP contribution >= 0.6 is 11.3 Å². The summed E-state index contributed by atoms with van der Waals surface area (Å²) in [5.74, 6) is -0.931. The van der Waals surface area contributed by atoms with E-state index in [0.717, 1.165) is 23.0 Å². The average Bonchev–Trinajstić information content (AvgIpc) is 3.14. The zero-order valence-corrected chi connectivity index (χ0v) is 15.5. The number of nitrogens with zero attached hydrogens (tertiary/aromatic N) is 2. The molecule has 0 unspecified atom stereocenters. The largest absolute Gasteiger partial charge is 0.382 e. The van der Waals surface area contributed by atoms with Gasteiger partial charge < -0.3 is 9.47 Å². The minimum Gasteiger partial charge on any atom is -0.382 e. The van der Waals surface area contributed by atoms with Crippen LogP contribution in [0.1, 0.15) is 16.1 Å². The molecule has 1 aromatic carbocycles. The fraction of sp³-hybridized carbons (Fsp3) is 0.211. The lowest BCUT2D eigenvalue weighted by Gasteiger charge is -2.08. The number of aromatic nitrogens is 2. The van der Waals surface area contributed by atoms with Crippen molar-refractivity contribution >= 4 is 22.4 Å². The van der Waals surface area contributed by atoms with Crippen LogP contribution in [0.25, 0.3) is 11.3 Å². The van der Waals surface area contributed by atoms with Gasteiger partial charge in [0, 0.05) is 18.1 Å². The van der Waals surface area contributed by atoms with Gasteiger partial charge in [0.25, 0.3) is 5.91 Å². The minimum absolute atomic E-state index is 0.125. The normalized spacial score (nSPS) is 10.7. The molecule has 8 heteroatoms. The van der Waals surface area contributed by atoms with Gasteiger partial charge in [0.05, 0.1) is 31.7 Å². The zero-order valence-electron chi connectivity index (χ0n) is 14.6. The Balaban J connectivity index is 1.70. The summed E-state index contributed by atoms with van der Waals surface area (Å²) in [6.45, 7) is 1.48. The summed E-state index contributed by atoms with van der Waals surface area (Å²) in [4.78, 5) is 20.4. The number of pyridine rings is 1. The van der Waals surface area contributed by atoms with E-state index in [1.165, 1.54) is 23.5 Å². The van der Waals surface area contributed by atoms with Crippen LogP contribution in [0.2, 0.25) is 0 Å². The topological polar surface area (TPSA) is 73.3 Å². The smallest absolute Gasteiger partial charge is 0.276 e. The van der Waals surface area contributed by atoms with Crippen LogP contribution in [0.3, 0.4) is 0 Å². The molecule has 0 atom stereocenters. The third-order valence-electron chi connectivity index (χ3n) is 3.67. The number of rotatable bonds is 8. The summed E-state index contributed by atoms with van der Waals surface area (Å²) in [6, 6.07) is 10.3. The molecule has 3 rings (SSSR count). The molecule has 0 saturated carbocycles. The van der Waals surface area contributed by atoms with Gasteiger partial charge in [0.1, 0.15) is 11.5 Å². The Bertz CT molecular complexity index is 899. The number of hydrogen-bond donors (Lipinski definition) is 1. The molecular formula is C19H18FN3O3S.